The summed E-state index contributed by atoms with van der Waals surface area (Å²) in [7, 11) is 0. The third-order valence-electron chi connectivity index (χ3n) is 0.654. The Morgan fingerprint density at radius 1 is 1.86 bits per heavy atom. The van der Waals surface area contributed by atoms with Crippen molar-refractivity contribution in [2.24, 2.45) is 0 Å². The third-order valence-corrected chi connectivity index (χ3v) is 1.32. The highest BCUT2D eigenvalue weighted by Crippen LogP contribution is 2.09. The number of halogens is 1. The highest BCUT2D eigenvalue weighted by Gasteiger charge is 2.15. The van der Waals surface area contributed by atoms with Gasteiger partial charge in [-0.2, -0.15) is 0 Å². The van der Waals surface area contributed by atoms with Crippen LogP contribution in [0.1, 0.15) is 0 Å². The second kappa shape index (κ2) is 1.66. The molecule has 38 valence electrons. The zero-order valence-electron chi connectivity index (χ0n) is 3.43. The Bertz CT molecular complexity index is 119. The molecular formula is C4H3BrO2. The quantitative estimate of drug-likeness (QED) is 0.494. The molecule has 0 fully saturated rings. The first-order valence-corrected chi connectivity index (χ1v) is 2.72. The minimum atomic E-state index is -0.424. The second-order valence-corrected chi connectivity index (χ2v) is 1.99. The molecule has 0 aliphatic carbocycles. The molecule has 0 saturated heterocycles. The van der Waals surface area contributed by atoms with Crippen LogP contribution in [0, 0.1) is 0 Å². The Labute approximate surface area is 49.3 Å². The van der Waals surface area contributed by atoms with Crippen LogP contribution in [0.15, 0.2) is 12.3 Å². The summed E-state index contributed by atoms with van der Waals surface area (Å²) in [5, 5.41) is -0.424. The lowest BCUT2D eigenvalue weighted by Gasteiger charge is -1.93. The van der Waals surface area contributed by atoms with E-state index in [1.165, 1.54) is 12.3 Å². The summed E-state index contributed by atoms with van der Waals surface area (Å²) in [4.78, 5) is 10.3. The predicted octanol–water partition coefficient (Wildman–Crippen LogP) is 0.820. The van der Waals surface area contributed by atoms with Crippen molar-refractivity contribution in [3.05, 3.63) is 12.3 Å². The van der Waals surface area contributed by atoms with E-state index >= 15 is 0 Å². The van der Waals surface area contributed by atoms with Gasteiger partial charge in [0.05, 0.1) is 6.26 Å². The number of carbonyl (C=O) groups excluding carboxylic acids is 1. The SMILES string of the molecule is O=C1C=CO[C@@H]1Br. The maximum atomic E-state index is 10.3. The molecule has 0 aromatic carbocycles. The smallest absolute Gasteiger partial charge is 0.214 e. The summed E-state index contributed by atoms with van der Waals surface area (Å²) >= 11 is 2.97. The number of carbonyl (C=O) groups is 1. The van der Waals surface area contributed by atoms with Gasteiger partial charge in [0.2, 0.25) is 10.8 Å². The van der Waals surface area contributed by atoms with E-state index in [4.69, 9.17) is 0 Å². The fourth-order valence-corrected chi connectivity index (χ4v) is 0.595. The molecule has 2 nitrogen and oxygen atoms in total. The topological polar surface area (TPSA) is 26.3 Å². The summed E-state index contributed by atoms with van der Waals surface area (Å²) in [5.41, 5.74) is 0. The number of ether oxygens (including phenoxy) is 1. The average molecular weight is 163 g/mol. The molecule has 0 unspecified atom stereocenters. The van der Waals surface area contributed by atoms with Crippen molar-refractivity contribution in [2.45, 2.75) is 5.01 Å². The lowest BCUT2D eigenvalue weighted by Crippen LogP contribution is -2.04. The first-order chi connectivity index (χ1) is 3.30. The maximum absolute atomic E-state index is 10.3. The number of ketones is 1. The van der Waals surface area contributed by atoms with Crippen molar-refractivity contribution in [1.82, 2.24) is 0 Å². The summed E-state index contributed by atoms with van der Waals surface area (Å²) in [6.07, 6.45) is 2.77. The molecule has 1 heterocycles. The van der Waals surface area contributed by atoms with E-state index in [9.17, 15) is 4.79 Å². The highest BCUT2D eigenvalue weighted by molar-refractivity contribution is 9.09. The average Bonchev–Trinajstić information content (AvgIpc) is 1.91. The van der Waals surface area contributed by atoms with E-state index in [1.54, 1.807) is 0 Å². The first kappa shape index (κ1) is 4.84. The second-order valence-electron chi connectivity index (χ2n) is 1.16. The number of rotatable bonds is 0. The molecule has 0 bridgehead atoms. The van der Waals surface area contributed by atoms with Crippen LogP contribution in [0.3, 0.4) is 0 Å². The molecule has 1 aliphatic rings. The highest BCUT2D eigenvalue weighted by atomic mass is 79.9. The van der Waals surface area contributed by atoms with E-state index in [1.807, 2.05) is 0 Å². The van der Waals surface area contributed by atoms with Gasteiger partial charge in [-0.05, 0) is 15.9 Å². The van der Waals surface area contributed by atoms with E-state index in [-0.39, 0.29) is 5.78 Å². The Kier molecular flexibility index (Phi) is 1.15. The third kappa shape index (κ3) is 0.825. The van der Waals surface area contributed by atoms with Crippen molar-refractivity contribution in [3.8, 4) is 0 Å². The van der Waals surface area contributed by atoms with Crippen LogP contribution in [0.2, 0.25) is 0 Å². The van der Waals surface area contributed by atoms with Crippen LogP contribution in [0.4, 0.5) is 0 Å². The van der Waals surface area contributed by atoms with Gasteiger partial charge in [-0.1, -0.05) is 0 Å². The van der Waals surface area contributed by atoms with Crippen molar-refractivity contribution < 1.29 is 9.53 Å². The molecule has 0 N–H and O–H groups in total. The van der Waals surface area contributed by atoms with Gasteiger partial charge in [-0.3, -0.25) is 4.79 Å². The molecular weight excluding hydrogens is 160 g/mol. The van der Waals surface area contributed by atoms with Gasteiger partial charge in [0.1, 0.15) is 0 Å². The Hall–Kier alpha value is -0.310. The molecule has 7 heavy (non-hydrogen) atoms. The Morgan fingerprint density at radius 2 is 2.57 bits per heavy atom. The van der Waals surface area contributed by atoms with Crippen LogP contribution in [-0.2, 0) is 9.53 Å². The zero-order valence-corrected chi connectivity index (χ0v) is 5.01. The van der Waals surface area contributed by atoms with Crippen LogP contribution < -0.4 is 0 Å². The number of hydrogen-bond acceptors (Lipinski definition) is 2. The standard InChI is InChI=1S/C4H3BrO2/c5-4-3(6)1-2-7-4/h1-2,4H/t4-/m0/s1. The molecule has 1 atom stereocenters. The monoisotopic (exact) mass is 162 g/mol. The van der Waals surface area contributed by atoms with Gasteiger partial charge in [-0.15, -0.1) is 0 Å². The molecule has 0 aromatic rings. The van der Waals surface area contributed by atoms with Gasteiger partial charge >= 0.3 is 0 Å². The predicted molar refractivity (Wildman–Crippen MR) is 27.9 cm³/mol. The summed E-state index contributed by atoms with van der Waals surface area (Å²) in [6.45, 7) is 0. The van der Waals surface area contributed by atoms with Crippen molar-refractivity contribution >= 4 is 21.7 Å². The minimum Gasteiger partial charge on any atom is -0.478 e. The van der Waals surface area contributed by atoms with Gasteiger partial charge in [0.25, 0.3) is 0 Å². The molecule has 0 spiro atoms. The molecule has 3 heteroatoms. The van der Waals surface area contributed by atoms with Gasteiger partial charge in [-0.25, -0.2) is 0 Å². The lowest BCUT2D eigenvalue weighted by molar-refractivity contribution is -0.116. The molecule has 0 saturated carbocycles. The Balaban J connectivity index is 2.62. The maximum Gasteiger partial charge on any atom is 0.214 e. The lowest BCUT2D eigenvalue weighted by atomic mass is 10.5. The normalized spacial score (nSPS) is 28.1. The van der Waals surface area contributed by atoms with Crippen LogP contribution >= 0.6 is 15.9 Å². The van der Waals surface area contributed by atoms with Gasteiger partial charge < -0.3 is 4.74 Å². The van der Waals surface area contributed by atoms with Crippen molar-refractivity contribution in [2.75, 3.05) is 0 Å². The van der Waals surface area contributed by atoms with Crippen LogP contribution in [0.5, 0.6) is 0 Å². The number of alkyl halides is 1. The molecule has 1 rings (SSSR count). The van der Waals surface area contributed by atoms with E-state index in [0.717, 1.165) is 0 Å². The van der Waals surface area contributed by atoms with Crippen molar-refractivity contribution in [3.63, 3.8) is 0 Å². The minimum absolute atomic E-state index is 0.0278. The fraction of sp³-hybridized carbons (Fsp3) is 0.250. The Morgan fingerprint density at radius 3 is 2.71 bits per heavy atom. The number of hydrogen-bond donors (Lipinski definition) is 0. The largest absolute Gasteiger partial charge is 0.478 e. The van der Waals surface area contributed by atoms with Gasteiger partial charge in [0, 0.05) is 6.08 Å². The molecule has 0 radical (unpaired) electrons. The fourth-order valence-electron chi connectivity index (χ4n) is 0.318. The van der Waals surface area contributed by atoms with E-state index in [2.05, 4.69) is 20.7 Å². The van der Waals surface area contributed by atoms with E-state index in [0.29, 0.717) is 0 Å². The summed E-state index contributed by atoms with van der Waals surface area (Å²) < 4.78 is 4.65. The van der Waals surface area contributed by atoms with Crippen LogP contribution in [-0.4, -0.2) is 10.8 Å². The first-order valence-electron chi connectivity index (χ1n) is 1.80. The summed E-state index contributed by atoms with van der Waals surface area (Å²) in [6, 6.07) is 0. The zero-order chi connectivity index (χ0) is 5.28. The van der Waals surface area contributed by atoms with Gasteiger partial charge in [0.15, 0.2) is 0 Å². The van der Waals surface area contributed by atoms with Crippen LogP contribution in [0.25, 0.3) is 0 Å². The van der Waals surface area contributed by atoms with Crippen molar-refractivity contribution in [1.29, 1.82) is 0 Å². The summed E-state index contributed by atoms with van der Waals surface area (Å²) in [5.74, 6) is -0.0278. The molecule has 0 aromatic heterocycles. The molecule has 1 aliphatic heterocycles. The van der Waals surface area contributed by atoms with E-state index < -0.39 is 5.01 Å². The molecule has 0 amide bonds.